The smallest absolute Gasteiger partial charge is 0.119 e. The highest BCUT2D eigenvalue weighted by atomic mass is 16.6. The standard InChI is InChI=1S/C44H46O6/c1-3-41-43(49-41)25-27-45-37-17-9-33(10-18-37)35-13-21-39(22-14-35)47-29-31-5-7-32(8-6-31)30-48-40-23-15-36(16-24-40)34-11-19-38(20-12-34)46-28-26-44-42(4-2)50-44/h5-24,41-44H,3-4,25-30H2,1-2H3. The Hall–Kier alpha value is -4.78. The molecule has 0 bridgehead atoms. The molecule has 0 saturated carbocycles. The first-order valence-corrected chi connectivity index (χ1v) is 17.9. The van der Waals surface area contributed by atoms with Crippen LogP contribution in [0.15, 0.2) is 121 Å². The van der Waals surface area contributed by atoms with E-state index in [4.69, 9.17) is 28.4 Å². The minimum Gasteiger partial charge on any atom is -0.493 e. The Balaban J connectivity index is 0.813. The Morgan fingerprint density at radius 2 is 0.680 bits per heavy atom. The van der Waals surface area contributed by atoms with Gasteiger partial charge in [-0.2, -0.15) is 0 Å². The number of ether oxygens (including phenoxy) is 6. The van der Waals surface area contributed by atoms with Crippen LogP contribution in [0.1, 0.15) is 50.7 Å². The van der Waals surface area contributed by atoms with Crippen molar-refractivity contribution in [1.82, 2.24) is 0 Å². The summed E-state index contributed by atoms with van der Waals surface area (Å²) in [6.45, 7) is 6.69. The van der Waals surface area contributed by atoms with Gasteiger partial charge in [0, 0.05) is 12.8 Å². The van der Waals surface area contributed by atoms with Crippen LogP contribution >= 0.6 is 0 Å². The molecule has 0 N–H and O–H groups in total. The van der Waals surface area contributed by atoms with Gasteiger partial charge in [0.2, 0.25) is 0 Å². The van der Waals surface area contributed by atoms with Crippen LogP contribution in [0, 0.1) is 0 Å². The third-order valence-corrected chi connectivity index (χ3v) is 9.44. The fourth-order valence-electron chi connectivity index (χ4n) is 6.21. The number of hydrogen-bond donors (Lipinski definition) is 0. The molecule has 0 spiro atoms. The van der Waals surface area contributed by atoms with Crippen molar-refractivity contribution in [3.8, 4) is 45.3 Å². The summed E-state index contributed by atoms with van der Waals surface area (Å²) in [4.78, 5) is 0. The lowest BCUT2D eigenvalue weighted by atomic mass is 10.1. The molecule has 2 aliphatic heterocycles. The average Bonchev–Trinajstić information content (AvgIpc) is 4.11. The van der Waals surface area contributed by atoms with E-state index >= 15 is 0 Å². The zero-order chi connectivity index (χ0) is 34.1. The molecule has 5 aromatic rings. The molecule has 50 heavy (non-hydrogen) atoms. The molecule has 6 heteroatoms. The molecule has 2 fully saturated rings. The second kappa shape index (κ2) is 16.3. The lowest BCUT2D eigenvalue weighted by Crippen LogP contribution is -2.03. The van der Waals surface area contributed by atoms with Crippen molar-refractivity contribution >= 4 is 0 Å². The molecule has 0 aliphatic carbocycles. The molecule has 0 aromatic heterocycles. The molecule has 0 radical (unpaired) electrons. The van der Waals surface area contributed by atoms with Gasteiger partial charge in [-0.25, -0.2) is 0 Å². The predicted octanol–water partition coefficient (Wildman–Crippen LogP) is 10.1. The first kappa shape index (κ1) is 33.7. The van der Waals surface area contributed by atoms with E-state index in [1.165, 1.54) is 0 Å². The summed E-state index contributed by atoms with van der Waals surface area (Å²) in [7, 11) is 0. The molecule has 2 saturated heterocycles. The molecular weight excluding hydrogens is 624 g/mol. The van der Waals surface area contributed by atoms with E-state index < -0.39 is 0 Å². The van der Waals surface area contributed by atoms with Crippen LogP contribution in [0.3, 0.4) is 0 Å². The van der Waals surface area contributed by atoms with Crippen molar-refractivity contribution in [1.29, 1.82) is 0 Å². The van der Waals surface area contributed by atoms with Crippen molar-refractivity contribution in [2.24, 2.45) is 0 Å². The highest BCUT2D eigenvalue weighted by molar-refractivity contribution is 5.65. The van der Waals surface area contributed by atoms with Gasteiger partial charge in [-0.3, -0.25) is 0 Å². The Bertz CT molecular complexity index is 1630. The van der Waals surface area contributed by atoms with Crippen LogP contribution in [-0.2, 0) is 22.7 Å². The molecular formula is C44H46O6. The summed E-state index contributed by atoms with van der Waals surface area (Å²) >= 11 is 0. The maximum atomic E-state index is 6.07. The number of epoxide rings is 2. The monoisotopic (exact) mass is 670 g/mol. The van der Waals surface area contributed by atoms with Crippen molar-refractivity contribution < 1.29 is 28.4 Å². The van der Waals surface area contributed by atoms with Gasteiger partial charge >= 0.3 is 0 Å². The number of hydrogen-bond acceptors (Lipinski definition) is 6. The minimum absolute atomic E-state index is 0.373. The molecule has 7 rings (SSSR count). The molecule has 2 heterocycles. The van der Waals surface area contributed by atoms with Gasteiger partial charge < -0.3 is 28.4 Å². The highest BCUT2D eigenvalue weighted by Crippen LogP contribution is 2.30. The molecule has 4 atom stereocenters. The Morgan fingerprint density at radius 1 is 0.380 bits per heavy atom. The Labute approximate surface area is 295 Å². The van der Waals surface area contributed by atoms with Gasteiger partial charge in [0.1, 0.15) is 36.2 Å². The first-order chi connectivity index (χ1) is 24.6. The summed E-state index contributed by atoms with van der Waals surface area (Å²) in [5.41, 5.74) is 6.78. The summed E-state index contributed by atoms with van der Waals surface area (Å²) < 4.78 is 35.1. The summed E-state index contributed by atoms with van der Waals surface area (Å²) in [6, 6.07) is 41.3. The van der Waals surface area contributed by atoms with E-state index in [0.717, 1.165) is 82.1 Å². The highest BCUT2D eigenvalue weighted by Gasteiger charge is 2.37. The number of rotatable bonds is 18. The molecule has 4 unspecified atom stereocenters. The van der Waals surface area contributed by atoms with Crippen LogP contribution in [0.25, 0.3) is 22.3 Å². The quantitative estimate of drug-likeness (QED) is 0.0865. The van der Waals surface area contributed by atoms with Crippen molar-refractivity contribution in [2.75, 3.05) is 13.2 Å². The van der Waals surface area contributed by atoms with Crippen LogP contribution in [-0.4, -0.2) is 37.6 Å². The van der Waals surface area contributed by atoms with Gasteiger partial charge in [0.15, 0.2) is 0 Å². The summed E-state index contributed by atoms with van der Waals surface area (Å²) in [5, 5.41) is 0. The second-order valence-electron chi connectivity index (χ2n) is 13.0. The Kier molecular flexibility index (Phi) is 11.0. The van der Waals surface area contributed by atoms with Crippen molar-refractivity contribution in [3.63, 3.8) is 0 Å². The molecule has 0 amide bonds. The molecule has 258 valence electrons. The summed E-state index contributed by atoms with van der Waals surface area (Å²) in [5.74, 6) is 3.45. The van der Waals surface area contributed by atoms with Crippen LogP contribution in [0.2, 0.25) is 0 Å². The van der Waals surface area contributed by atoms with Crippen molar-refractivity contribution in [2.45, 2.75) is 77.2 Å². The maximum absolute atomic E-state index is 6.07. The van der Waals surface area contributed by atoms with E-state index in [9.17, 15) is 0 Å². The normalized spacial score (nSPS) is 19.1. The fraction of sp³-hybridized carbons (Fsp3) is 0.318. The fourth-order valence-corrected chi connectivity index (χ4v) is 6.21. The lowest BCUT2D eigenvalue weighted by molar-refractivity contribution is 0.280. The Morgan fingerprint density at radius 3 is 0.960 bits per heavy atom. The van der Waals surface area contributed by atoms with Crippen molar-refractivity contribution in [3.05, 3.63) is 132 Å². The van der Waals surface area contributed by atoms with Crippen LogP contribution in [0.5, 0.6) is 23.0 Å². The van der Waals surface area contributed by atoms with E-state index in [1.54, 1.807) is 0 Å². The van der Waals surface area contributed by atoms with Crippen LogP contribution < -0.4 is 18.9 Å². The largest absolute Gasteiger partial charge is 0.493 e. The van der Waals surface area contributed by atoms with E-state index in [0.29, 0.717) is 50.8 Å². The SMILES string of the molecule is CCC1OC1CCOc1ccc(-c2ccc(OCc3ccc(COc4ccc(-c5ccc(OCCC6OC6CC)cc5)cc4)cc3)cc2)cc1. The van der Waals surface area contributed by atoms with E-state index in [1.807, 2.05) is 48.5 Å². The molecule has 6 nitrogen and oxygen atoms in total. The predicted molar refractivity (Wildman–Crippen MR) is 197 cm³/mol. The zero-order valence-electron chi connectivity index (χ0n) is 29.0. The minimum atomic E-state index is 0.373. The maximum Gasteiger partial charge on any atom is 0.119 e. The van der Waals surface area contributed by atoms with Gasteiger partial charge in [-0.1, -0.05) is 86.6 Å². The van der Waals surface area contributed by atoms with E-state index in [-0.39, 0.29) is 0 Å². The van der Waals surface area contributed by atoms with Crippen LogP contribution in [0.4, 0.5) is 0 Å². The van der Waals surface area contributed by atoms with Gasteiger partial charge in [-0.05, 0) is 94.8 Å². The average molecular weight is 671 g/mol. The third-order valence-electron chi connectivity index (χ3n) is 9.44. The molecule has 5 aromatic carbocycles. The van der Waals surface area contributed by atoms with Gasteiger partial charge in [-0.15, -0.1) is 0 Å². The first-order valence-electron chi connectivity index (χ1n) is 17.9. The zero-order valence-corrected chi connectivity index (χ0v) is 29.0. The summed E-state index contributed by atoms with van der Waals surface area (Å²) in [6.07, 6.45) is 5.65. The second-order valence-corrected chi connectivity index (χ2v) is 13.0. The third kappa shape index (κ3) is 9.26. The lowest BCUT2D eigenvalue weighted by Gasteiger charge is -2.10. The number of benzene rings is 5. The van der Waals surface area contributed by atoms with Gasteiger partial charge in [0.05, 0.1) is 37.6 Å². The topological polar surface area (TPSA) is 62.0 Å². The van der Waals surface area contributed by atoms with E-state index in [2.05, 4.69) is 86.6 Å². The van der Waals surface area contributed by atoms with Gasteiger partial charge in [0.25, 0.3) is 0 Å². The molecule has 2 aliphatic rings.